The summed E-state index contributed by atoms with van der Waals surface area (Å²) in [5.41, 5.74) is 0.452. The number of fused-ring (bicyclic) bond motifs is 7. The van der Waals surface area contributed by atoms with Crippen molar-refractivity contribution in [2.24, 2.45) is 40.4 Å². The molecule has 1 spiro atoms. The standard InChI is InChI=1S/C26H36O5/c1-12(2)17-20(13(3)4)31-23(28)26(17)11-15-10-24(26,6)19-18(15)25(7,29)9-8-16-14(5)22(27)30-21(16)19/h12-13,15-17,20-21,29H,5,8-11H2,1-4,6-7H3/t15-,16-,17+,20+,21-,24-,25-,26-/m0/s1. The van der Waals surface area contributed by atoms with E-state index < -0.39 is 22.5 Å². The fourth-order valence-corrected chi connectivity index (χ4v) is 8.42. The molecule has 2 saturated heterocycles. The van der Waals surface area contributed by atoms with Gasteiger partial charge in [-0.05, 0) is 61.5 Å². The van der Waals surface area contributed by atoms with Gasteiger partial charge in [0.05, 0.1) is 11.0 Å². The van der Waals surface area contributed by atoms with Crippen molar-refractivity contribution in [1.82, 2.24) is 0 Å². The zero-order valence-corrected chi connectivity index (χ0v) is 19.7. The first-order valence-electron chi connectivity index (χ1n) is 11.9. The summed E-state index contributed by atoms with van der Waals surface area (Å²) >= 11 is 0. The molecule has 1 N–H and O–H groups in total. The summed E-state index contributed by atoms with van der Waals surface area (Å²) in [6, 6.07) is 0. The van der Waals surface area contributed by atoms with Gasteiger partial charge in [0.15, 0.2) is 0 Å². The van der Waals surface area contributed by atoms with Gasteiger partial charge in [-0.1, -0.05) is 41.2 Å². The number of ether oxygens (including phenoxy) is 2. The topological polar surface area (TPSA) is 72.8 Å². The van der Waals surface area contributed by atoms with Crippen LogP contribution >= 0.6 is 0 Å². The van der Waals surface area contributed by atoms with Gasteiger partial charge >= 0.3 is 11.9 Å². The molecule has 2 heterocycles. The molecule has 0 radical (unpaired) electrons. The number of aliphatic hydroxyl groups is 1. The quantitative estimate of drug-likeness (QED) is 0.405. The highest BCUT2D eigenvalue weighted by molar-refractivity contribution is 5.92. The molecule has 3 aliphatic carbocycles. The van der Waals surface area contributed by atoms with Crippen molar-refractivity contribution in [2.75, 3.05) is 0 Å². The van der Waals surface area contributed by atoms with Crippen LogP contribution in [0.3, 0.4) is 0 Å². The first-order chi connectivity index (χ1) is 14.4. The molecule has 2 bridgehead atoms. The predicted molar refractivity (Wildman–Crippen MR) is 116 cm³/mol. The number of carbonyl (C=O) groups is 2. The van der Waals surface area contributed by atoms with Gasteiger partial charge in [0.25, 0.3) is 0 Å². The fourth-order valence-electron chi connectivity index (χ4n) is 8.42. The average Bonchev–Trinajstić information content (AvgIpc) is 3.29. The van der Waals surface area contributed by atoms with Crippen molar-refractivity contribution >= 4 is 11.9 Å². The third kappa shape index (κ3) is 2.37. The van der Waals surface area contributed by atoms with E-state index in [1.165, 1.54) is 0 Å². The van der Waals surface area contributed by atoms with Crippen LogP contribution < -0.4 is 0 Å². The lowest BCUT2D eigenvalue weighted by Crippen LogP contribution is -2.52. The molecule has 5 nitrogen and oxygen atoms in total. The molecule has 0 aromatic rings. The van der Waals surface area contributed by atoms with Crippen LogP contribution in [0, 0.1) is 40.4 Å². The molecular formula is C26H36O5. The highest BCUT2D eigenvalue weighted by Crippen LogP contribution is 2.75. The number of hydrogen-bond acceptors (Lipinski definition) is 5. The Balaban J connectivity index is 1.72. The second-order valence-corrected chi connectivity index (χ2v) is 11.9. The summed E-state index contributed by atoms with van der Waals surface area (Å²) in [5, 5.41) is 11.5. The molecule has 5 rings (SSSR count). The van der Waals surface area contributed by atoms with Gasteiger partial charge in [-0.3, -0.25) is 4.79 Å². The molecule has 0 aromatic heterocycles. The van der Waals surface area contributed by atoms with Crippen molar-refractivity contribution in [3.05, 3.63) is 23.3 Å². The summed E-state index contributed by atoms with van der Waals surface area (Å²) in [6.45, 7) is 16.7. The summed E-state index contributed by atoms with van der Waals surface area (Å²) in [6.07, 6.45) is 2.23. The van der Waals surface area contributed by atoms with E-state index in [2.05, 4.69) is 41.2 Å². The number of rotatable bonds is 2. The van der Waals surface area contributed by atoms with Crippen molar-refractivity contribution in [1.29, 1.82) is 0 Å². The molecule has 0 amide bonds. The molecule has 5 aliphatic rings. The maximum Gasteiger partial charge on any atom is 0.334 e. The SMILES string of the molecule is C=C1C(=O)O[C@@H]2C3=C([C@H]4C[C@]3(C)[C@]3(C4)C(=O)O[C@H](C(C)C)[C@H]3C(C)C)[C@@](C)(O)CC[C@@H]12. The lowest BCUT2D eigenvalue weighted by Gasteiger charge is -2.49. The lowest BCUT2D eigenvalue weighted by molar-refractivity contribution is -0.154. The number of hydrogen-bond donors (Lipinski definition) is 1. The molecule has 170 valence electrons. The number of carbonyl (C=O) groups excluding carboxylic acids is 2. The van der Waals surface area contributed by atoms with Gasteiger partial charge in [-0.15, -0.1) is 0 Å². The van der Waals surface area contributed by atoms with E-state index >= 15 is 0 Å². The van der Waals surface area contributed by atoms with Gasteiger partial charge in [-0.25, -0.2) is 4.79 Å². The van der Waals surface area contributed by atoms with Crippen LogP contribution in [0.1, 0.15) is 67.2 Å². The summed E-state index contributed by atoms with van der Waals surface area (Å²) < 4.78 is 12.1. The first kappa shape index (κ1) is 21.2. The Morgan fingerprint density at radius 1 is 1.03 bits per heavy atom. The average molecular weight is 429 g/mol. The Morgan fingerprint density at radius 2 is 1.71 bits per heavy atom. The second kappa shape index (κ2) is 6.24. The Morgan fingerprint density at radius 3 is 2.32 bits per heavy atom. The minimum atomic E-state index is -0.955. The zero-order valence-electron chi connectivity index (χ0n) is 19.7. The van der Waals surface area contributed by atoms with E-state index in [1.54, 1.807) is 0 Å². The van der Waals surface area contributed by atoms with Gasteiger partial charge in [0, 0.05) is 22.8 Å². The summed E-state index contributed by atoms with van der Waals surface area (Å²) in [5.74, 6) is 0.166. The van der Waals surface area contributed by atoms with Gasteiger partial charge in [0.1, 0.15) is 12.2 Å². The normalized spacial score (nSPS) is 48.5. The molecule has 2 aliphatic heterocycles. The molecular weight excluding hydrogens is 392 g/mol. The number of esters is 2. The Bertz CT molecular complexity index is 911. The third-order valence-corrected chi connectivity index (χ3v) is 9.52. The summed E-state index contributed by atoms with van der Waals surface area (Å²) in [4.78, 5) is 26.2. The Labute approximate surface area is 185 Å². The van der Waals surface area contributed by atoms with Crippen molar-refractivity contribution < 1.29 is 24.2 Å². The van der Waals surface area contributed by atoms with Gasteiger partial charge in [-0.2, -0.15) is 0 Å². The third-order valence-electron chi connectivity index (χ3n) is 9.52. The van der Waals surface area contributed by atoms with Gasteiger partial charge < -0.3 is 14.6 Å². The van der Waals surface area contributed by atoms with Gasteiger partial charge in [0.2, 0.25) is 0 Å². The van der Waals surface area contributed by atoms with Crippen molar-refractivity contribution in [3.8, 4) is 0 Å². The highest BCUT2D eigenvalue weighted by Gasteiger charge is 2.76. The lowest BCUT2D eigenvalue weighted by atomic mass is 9.51. The van der Waals surface area contributed by atoms with E-state index in [-0.39, 0.29) is 47.6 Å². The maximum absolute atomic E-state index is 13.7. The second-order valence-electron chi connectivity index (χ2n) is 11.9. The largest absolute Gasteiger partial charge is 0.461 e. The first-order valence-corrected chi connectivity index (χ1v) is 11.9. The minimum absolute atomic E-state index is 0.0926. The van der Waals surface area contributed by atoms with E-state index in [1.807, 2.05) is 6.92 Å². The Hall–Kier alpha value is -1.62. The van der Waals surface area contributed by atoms with Crippen LogP contribution in [-0.4, -0.2) is 34.9 Å². The predicted octanol–water partition coefficient (Wildman–Crippen LogP) is 4.20. The molecule has 5 heteroatoms. The van der Waals surface area contributed by atoms with E-state index in [4.69, 9.17) is 9.47 Å². The molecule has 8 atom stereocenters. The Kier molecular flexibility index (Phi) is 4.28. The monoisotopic (exact) mass is 428 g/mol. The van der Waals surface area contributed by atoms with Crippen molar-refractivity contribution in [2.45, 2.75) is 85.0 Å². The maximum atomic E-state index is 13.7. The van der Waals surface area contributed by atoms with Crippen LogP contribution in [0.15, 0.2) is 23.3 Å². The van der Waals surface area contributed by atoms with Crippen LogP contribution in [0.2, 0.25) is 0 Å². The van der Waals surface area contributed by atoms with E-state index in [9.17, 15) is 14.7 Å². The molecule has 31 heavy (non-hydrogen) atoms. The van der Waals surface area contributed by atoms with E-state index in [0.717, 1.165) is 24.0 Å². The molecule has 0 unspecified atom stereocenters. The van der Waals surface area contributed by atoms with Crippen LogP contribution in [-0.2, 0) is 19.1 Å². The molecule has 0 aromatic carbocycles. The highest BCUT2D eigenvalue weighted by atomic mass is 16.6. The van der Waals surface area contributed by atoms with E-state index in [0.29, 0.717) is 18.4 Å². The molecule has 1 saturated carbocycles. The van der Waals surface area contributed by atoms with Crippen LogP contribution in [0.25, 0.3) is 0 Å². The van der Waals surface area contributed by atoms with Crippen LogP contribution in [0.4, 0.5) is 0 Å². The number of cyclic esters (lactones) is 1. The molecule has 3 fully saturated rings. The fraction of sp³-hybridized carbons (Fsp3) is 0.769. The smallest absolute Gasteiger partial charge is 0.334 e. The van der Waals surface area contributed by atoms with Crippen LogP contribution in [0.5, 0.6) is 0 Å². The van der Waals surface area contributed by atoms with Crippen molar-refractivity contribution in [3.63, 3.8) is 0 Å². The zero-order chi connectivity index (χ0) is 22.7. The summed E-state index contributed by atoms with van der Waals surface area (Å²) in [7, 11) is 0. The minimum Gasteiger partial charge on any atom is -0.461 e.